The molecule has 0 amide bonds. The molecule has 0 aromatic heterocycles. The van der Waals surface area contributed by atoms with Gasteiger partial charge in [0.15, 0.2) is 0 Å². The van der Waals surface area contributed by atoms with Gasteiger partial charge in [0.2, 0.25) is 0 Å². The summed E-state index contributed by atoms with van der Waals surface area (Å²) >= 11 is 0. The maximum absolute atomic E-state index is 12.4. The standard InChI is InChI=1S/C29H48O5/c1-17(2)8-7-9-18(3)21-10-11-22-23-15-25(31)24-14-20(34-19(4)30)12-13-28(24,6)29(23,33)26(32)16-27(21,22)5/h15,17-18,20-22,24-26,31-33H,7-14,16H2,1-6H3/t18-,20+,21-,22+,24-,25+,26-,27-,28+,29+/m1/s1. The molecular weight excluding hydrogens is 428 g/mol. The Kier molecular flexibility index (Phi) is 7.07. The summed E-state index contributed by atoms with van der Waals surface area (Å²) < 4.78 is 5.49. The van der Waals surface area contributed by atoms with E-state index < -0.39 is 23.2 Å². The summed E-state index contributed by atoms with van der Waals surface area (Å²) in [5.74, 6) is 1.48. The molecule has 0 spiro atoms. The minimum absolute atomic E-state index is 0.0629. The van der Waals surface area contributed by atoms with Crippen LogP contribution in [0, 0.1) is 40.4 Å². The van der Waals surface area contributed by atoms with Gasteiger partial charge in [-0.15, -0.1) is 0 Å². The van der Waals surface area contributed by atoms with Gasteiger partial charge in [0.1, 0.15) is 11.7 Å². The minimum atomic E-state index is -1.34. The fourth-order valence-corrected chi connectivity index (χ4v) is 8.97. The highest BCUT2D eigenvalue weighted by atomic mass is 16.5. The smallest absolute Gasteiger partial charge is 0.302 e. The summed E-state index contributed by atoms with van der Waals surface area (Å²) in [7, 11) is 0. The lowest BCUT2D eigenvalue weighted by molar-refractivity contribution is -0.224. The monoisotopic (exact) mass is 476 g/mol. The number of aliphatic hydroxyl groups is 3. The first-order valence-electron chi connectivity index (χ1n) is 13.8. The topological polar surface area (TPSA) is 87.0 Å². The largest absolute Gasteiger partial charge is 0.463 e. The quantitative estimate of drug-likeness (QED) is 0.370. The van der Waals surface area contributed by atoms with Crippen molar-refractivity contribution in [3.63, 3.8) is 0 Å². The number of hydrogen-bond acceptors (Lipinski definition) is 5. The Morgan fingerprint density at radius 1 is 1.15 bits per heavy atom. The van der Waals surface area contributed by atoms with E-state index in [4.69, 9.17) is 4.74 Å². The van der Waals surface area contributed by atoms with Crippen LogP contribution in [0.4, 0.5) is 0 Å². The second-order valence-corrected chi connectivity index (χ2v) is 13.2. The van der Waals surface area contributed by atoms with Crippen molar-refractivity contribution in [3.8, 4) is 0 Å². The van der Waals surface area contributed by atoms with Gasteiger partial charge in [-0.2, -0.15) is 0 Å². The lowest BCUT2D eigenvalue weighted by atomic mass is 9.44. The Morgan fingerprint density at radius 2 is 1.85 bits per heavy atom. The Hall–Kier alpha value is -0.910. The van der Waals surface area contributed by atoms with Crippen LogP contribution in [0.5, 0.6) is 0 Å². The zero-order valence-electron chi connectivity index (χ0n) is 22.2. The maximum Gasteiger partial charge on any atom is 0.302 e. The van der Waals surface area contributed by atoms with Gasteiger partial charge in [-0.05, 0) is 73.2 Å². The van der Waals surface area contributed by atoms with Crippen molar-refractivity contribution >= 4 is 5.97 Å². The Balaban J connectivity index is 1.62. The summed E-state index contributed by atoms with van der Waals surface area (Å²) in [6, 6.07) is 0. The SMILES string of the molecule is CC(=O)O[C@H]1CC[C@@]2(C)[C@H](C1)[C@@H](O)C=C1[C@@H]3CC[C@H]([C@H](C)CCCC(C)C)[C@@]3(C)C[C@@H](O)[C@@]12O. The summed E-state index contributed by atoms with van der Waals surface area (Å²) in [4.78, 5) is 11.5. The van der Waals surface area contributed by atoms with Gasteiger partial charge in [0, 0.05) is 18.3 Å². The molecule has 0 bridgehead atoms. The summed E-state index contributed by atoms with van der Waals surface area (Å²) in [6.45, 7) is 12.7. The van der Waals surface area contributed by atoms with Crippen LogP contribution in [0.2, 0.25) is 0 Å². The summed E-state index contributed by atoms with van der Waals surface area (Å²) in [6.07, 6.45) is 8.35. The van der Waals surface area contributed by atoms with Crippen LogP contribution in [-0.2, 0) is 9.53 Å². The van der Waals surface area contributed by atoms with Crippen LogP contribution >= 0.6 is 0 Å². The van der Waals surface area contributed by atoms with E-state index in [0.717, 1.165) is 24.3 Å². The molecule has 34 heavy (non-hydrogen) atoms. The zero-order valence-corrected chi connectivity index (χ0v) is 22.2. The lowest BCUT2D eigenvalue weighted by Gasteiger charge is -2.64. The average Bonchev–Trinajstić information content (AvgIpc) is 3.07. The number of rotatable bonds is 6. The molecule has 5 nitrogen and oxygen atoms in total. The molecule has 0 aromatic rings. The first-order chi connectivity index (χ1) is 15.8. The number of fused-ring (bicyclic) bond motifs is 5. The number of carbonyl (C=O) groups is 1. The first-order valence-corrected chi connectivity index (χ1v) is 13.8. The van der Waals surface area contributed by atoms with Gasteiger partial charge in [-0.1, -0.05) is 60.0 Å². The zero-order chi connectivity index (χ0) is 25.1. The number of hydrogen-bond donors (Lipinski definition) is 3. The van der Waals surface area contributed by atoms with Gasteiger partial charge in [-0.25, -0.2) is 0 Å². The molecule has 3 saturated carbocycles. The fraction of sp³-hybridized carbons (Fsp3) is 0.897. The molecule has 4 aliphatic rings. The molecule has 0 radical (unpaired) electrons. The fourth-order valence-electron chi connectivity index (χ4n) is 8.97. The molecule has 0 saturated heterocycles. The van der Waals surface area contributed by atoms with E-state index in [2.05, 4.69) is 27.7 Å². The molecular formula is C29H48O5. The van der Waals surface area contributed by atoms with Crippen molar-refractivity contribution in [1.29, 1.82) is 0 Å². The third kappa shape index (κ3) is 3.98. The van der Waals surface area contributed by atoms with Gasteiger partial charge >= 0.3 is 5.97 Å². The van der Waals surface area contributed by atoms with Gasteiger partial charge < -0.3 is 20.1 Å². The van der Waals surface area contributed by atoms with E-state index in [9.17, 15) is 20.1 Å². The molecule has 0 heterocycles. The molecule has 3 N–H and O–H groups in total. The second-order valence-electron chi connectivity index (χ2n) is 13.2. The molecule has 10 atom stereocenters. The van der Waals surface area contributed by atoms with Gasteiger partial charge in [0.05, 0.1) is 12.2 Å². The molecule has 4 aliphatic carbocycles. The third-order valence-electron chi connectivity index (χ3n) is 10.8. The van der Waals surface area contributed by atoms with Gasteiger partial charge in [-0.3, -0.25) is 4.79 Å². The normalized spacial score (nSPS) is 46.8. The predicted molar refractivity (Wildman–Crippen MR) is 133 cm³/mol. The number of esters is 1. The Labute approximate surface area is 206 Å². The van der Waals surface area contributed by atoms with Crippen molar-refractivity contribution in [1.82, 2.24) is 0 Å². The summed E-state index contributed by atoms with van der Waals surface area (Å²) in [5, 5.41) is 35.3. The molecule has 4 rings (SSSR count). The highest BCUT2D eigenvalue weighted by molar-refractivity contribution is 5.66. The maximum atomic E-state index is 12.4. The second kappa shape index (κ2) is 9.19. The van der Waals surface area contributed by atoms with Crippen LogP contribution in [0.25, 0.3) is 0 Å². The number of carbonyl (C=O) groups excluding carboxylic acids is 1. The highest BCUT2D eigenvalue weighted by Gasteiger charge is 2.69. The highest BCUT2D eigenvalue weighted by Crippen LogP contribution is 2.68. The Bertz CT molecular complexity index is 806. The molecule has 0 unspecified atom stereocenters. The van der Waals surface area contributed by atoms with Crippen molar-refractivity contribution in [2.45, 2.75) is 123 Å². The lowest BCUT2D eigenvalue weighted by Crippen LogP contribution is -2.69. The average molecular weight is 477 g/mol. The predicted octanol–water partition coefficient (Wildman–Crippen LogP) is 5.02. The van der Waals surface area contributed by atoms with E-state index in [1.165, 1.54) is 26.2 Å². The number of aliphatic hydroxyl groups excluding tert-OH is 2. The van der Waals surface area contributed by atoms with Crippen molar-refractivity contribution < 1.29 is 24.9 Å². The van der Waals surface area contributed by atoms with Crippen LogP contribution < -0.4 is 0 Å². The summed E-state index contributed by atoms with van der Waals surface area (Å²) in [5.41, 5.74) is -1.15. The van der Waals surface area contributed by atoms with Crippen molar-refractivity contribution in [2.24, 2.45) is 40.4 Å². The van der Waals surface area contributed by atoms with E-state index in [0.29, 0.717) is 37.5 Å². The van der Waals surface area contributed by atoms with Crippen LogP contribution in [-0.4, -0.2) is 45.2 Å². The van der Waals surface area contributed by atoms with E-state index >= 15 is 0 Å². The van der Waals surface area contributed by atoms with E-state index in [1.54, 1.807) is 0 Å². The first kappa shape index (κ1) is 26.2. The van der Waals surface area contributed by atoms with Crippen molar-refractivity contribution in [2.75, 3.05) is 0 Å². The van der Waals surface area contributed by atoms with Gasteiger partial charge in [0.25, 0.3) is 0 Å². The Morgan fingerprint density at radius 3 is 2.50 bits per heavy atom. The molecule has 0 aromatic carbocycles. The van der Waals surface area contributed by atoms with Crippen molar-refractivity contribution in [3.05, 3.63) is 11.6 Å². The van der Waals surface area contributed by atoms with Crippen LogP contribution in [0.1, 0.15) is 99.3 Å². The molecule has 3 fully saturated rings. The minimum Gasteiger partial charge on any atom is -0.463 e. The van der Waals surface area contributed by atoms with Crippen LogP contribution in [0.15, 0.2) is 11.6 Å². The molecule has 194 valence electrons. The molecule has 0 aliphatic heterocycles. The third-order valence-corrected chi connectivity index (χ3v) is 10.8. The van der Waals surface area contributed by atoms with E-state index in [1.807, 2.05) is 13.0 Å². The molecule has 5 heteroatoms. The van der Waals surface area contributed by atoms with Crippen LogP contribution in [0.3, 0.4) is 0 Å². The number of ether oxygens (including phenoxy) is 1. The van der Waals surface area contributed by atoms with E-state index in [-0.39, 0.29) is 29.3 Å².